The molecule has 1 amide bonds. The number of nitrogens with one attached hydrogen (secondary N) is 2. The first-order valence-corrected chi connectivity index (χ1v) is 9.50. The van der Waals surface area contributed by atoms with Crippen LogP contribution in [-0.2, 0) is 27.7 Å². The zero-order valence-corrected chi connectivity index (χ0v) is 14.0. The van der Waals surface area contributed by atoms with Gasteiger partial charge in [0.1, 0.15) is 0 Å². The molecular weight excluding hydrogens is 316 g/mol. The Hall–Kier alpha value is -1.44. The Morgan fingerprint density at radius 1 is 1.13 bits per heavy atom. The Bertz CT molecular complexity index is 643. The Morgan fingerprint density at radius 3 is 2.61 bits per heavy atom. The minimum Gasteiger partial charge on any atom is -0.396 e. The fourth-order valence-corrected chi connectivity index (χ4v) is 3.74. The summed E-state index contributed by atoms with van der Waals surface area (Å²) in [6.07, 6.45) is 4.76. The van der Waals surface area contributed by atoms with Crippen molar-refractivity contribution in [2.24, 2.45) is 0 Å². The summed E-state index contributed by atoms with van der Waals surface area (Å²) < 4.78 is 27.0. The van der Waals surface area contributed by atoms with Gasteiger partial charge in [0.05, 0.1) is 4.90 Å². The van der Waals surface area contributed by atoms with Crippen LogP contribution in [0.4, 0.5) is 0 Å². The van der Waals surface area contributed by atoms with Crippen LogP contribution in [-0.4, -0.2) is 39.1 Å². The van der Waals surface area contributed by atoms with Crippen LogP contribution in [0.25, 0.3) is 0 Å². The molecule has 0 aromatic heterocycles. The third kappa shape index (κ3) is 5.30. The predicted octanol–water partition coefficient (Wildman–Crippen LogP) is 0.732. The molecule has 128 valence electrons. The summed E-state index contributed by atoms with van der Waals surface area (Å²) in [4.78, 5) is 11.8. The van der Waals surface area contributed by atoms with Crippen molar-refractivity contribution in [2.75, 3.05) is 19.7 Å². The average molecular weight is 340 g/mol. The van der Waals surface area contributed by atoms with Gasteiger partial charge in [0.2, 0.25) is 15.9 Å². The largest absolute Gasteiger partial charge is 0.396 e. The molecule has 0 saturated carbocycles. The van der Waals surface area contributed by atoms with Crippen molar-refractivity contribution in [1.29, 1.82) is 0 Å². The van der Waals surface area contributed by atoms with Crippen LogP contribution < -0.4 is 10.0 Å². The second kappa shape index (κ2) is 8.42. The molecule has 0 saturated heterocycles. The predicted molar refractivity (Wildman–Crippen MR) is 87.6 cm³/mol. The van der Waals surface area contributed by atoms with Gasteiger partial charge in [-0.1, -0.05) is 6.07 Å². The van der Waals surface area contributed by atoms with Gasteiger partial charge in [-0.2, -0.15) is 0 Å². The van der Waals surface area contributed by atoms with Crippen LogP contribution in [0, 0.1) is 0 Å². The van der Waals surface area contributed by atoms with Crippen LogP contribution in [0.2, 0.25) is 0 Å². The molecule has 1 aliphatic rings. The Morgan fingerprint density at radius 2 is 1.87 bits per heavy atom. The first-order valence-electron chi connectivity index (χ1n) is 8.02. The number of carbonyl (C=O) groups excluding carboxylic acids is 1. The van der Waals surface area contributed by atoms with E-state index in [1.54, 1.807) is 12.1 Å². The summed E-state index contributed by atoms with van der Waals surface area (Å²) in [5.41, 5.74) is 2.35. The number of aryl methyl sites for hydroxylation is 2. The van der Waals surface area contributed by atoms with Crippen LogP contribution >= 0.6 is 0 Å². The minimum absolute atomic E-state index is 0.0191. The molecule has 0 unspecified atom stereocenters. The lowest BCUT2D eigenvalue weighted by molar-refractivity contribution is -0.120. The van der Waals surface area contributed by atoms with Gasteiger partial charge in [0.25, 0.3) is 0 Å². The normalized spacial score (nSPS) is 14.3. The molecule has 0 spiro atoms. The van der Waals surface area contributed by atoms with E-state index in [1.807, 2.05) is 6.07 Å². The Balaban J connectivity index is 1.88. The van der Waals surface area contributed by atoms with Gasteiger partial charge in [-0.15, -0.1) is 0 Å². The molecule has 0 bridgehead atoms. The van der Waals surface area contributed by atoms with Crippen LogP contribution in [0.3, 0.4) is 0 Å². The van der Waals surface area contributed by atoms with Gasteiger partial charge in [-0.25, -0.2) is 13.1 Å². The van der Waals surface area contributed by atoms with E-state index in [9.17, 15) is 13.2 Å². The summed E-state index contributed by atoms with van der Waals surface area (Å²) in [5.74, 6) is -0.230. The number of benzene rings is 1. The van der Waals surface area contributed by atoms with Gasteiger partial charge < -0.3 is 10.4 Å². The van der Waals surface area contributed by atoms with E-state index in [0.717, 1.165) is 31.2 Å². The maximum atomic E-state index is 12.3. The number of hydrogen-bond acceptors (Lipinski definition) is 4. The molecule has 0 aliphatic heterocycles. The van der Waals surface area contributed by atoms with Crippen molar-refractivity contribution in [3.05, 3.63) is 29.3 Å². The topological polar surface area (TPSA) is 95.5 Å². The van der Waals surface area contributed by atoms with Gasteiger partial charge in [-0.3, -0.25) is 4.79 Å². The van der Waals surface area contributed by atoms with Crippen molar-refractivity contribution < 1.29 is 18.3 Å². The first kappa shape index (κ1) is 17.9. The highest BCUT2D eigenvalue weighted by Gasteiger charge is 2.17. The summed E-state index contributed by atoms with van der Waals surface area (Å²) in [5, 5.41) is 11.2. The summed E-state index contributed by atoms with van der Waals surface area (Å²) in [6.45, 7) is 0.475. The van der Waals surface area contributed by atoms with Crippen molar-refractivity contribution >= 4 is 15.9 Å². The molecule has 6 nitrogen and oxygen atoms in total. The SMILES string of the molecule is O=C(CCNS(=O)(=O)c1ccc2c(c1)CCCC2)NCCCO. The molecule has 7 heteroatoms. The van der Waals surface area contributed by atoms with E-state index in [-0.39, 0.29) is 30.4 Å². The maximum Gasteiger partial charge on any atom is 0.240 e. The summed E-state index contributed by atoms with van der Waals surface area (Å²) >= 11 is 0. The third-order valence-corrected chi connectivity index (χ3v) is 5.39. The van der Waals surface area contributed by atoms with E-state index >= 15 is 0 Å². The summed E-state index contributed by atoms with van der Waals surface area (Å²) in [6, 6.07) is 5.27. The number of carbonyl (C=O) groups is 1. The zero-order valence-electron chi connectivity index (χ0n) is 13.2. The van der Waals surface area contributed by atoms with E-state index in [0.29, 0.717) is 13.0 Å². The number of rotatable bonds is 8. The van der Waals surface area contributed by atoms with Crippen molar-refractivity contribution in [1.82, 2.24) is 10.0 Å². The molecule has 1 aromatic rings. The average Bonchev–Trinajstić information content (AvgIpc) is 2.54. The monoisotopic (exact) mass is 340 g/mol. The molecule has 1 aliphatic carbocycles. The quantitative estimate of drug-likeness (QED) is 0.608. The number of fused-ring (bicyclic) bond motifs is 1. The van der Waals surface area contributed by atoms with Gasteiger partial charge in [0.15, 0.2) is 0 Å². The molecule has 1 aromatic carbocycles. The second-order valence-corrected chi connectivity index (χ2v) is 7.48. The standard InChI is InChI=1S/C16H24N2O4S/c19-11-3-9-17-16(20)8-10-18-23(21,22)15-7-6-13-4-1-2-5-14(13)12-15/h6-7,12,18-19H,1-5,8-11H2,(H,17,20). The van der Waals surface area contributed by atoms with Gasteiger partial charge >= 0.3 is 0 Å². The van der Waals surface area contributed by atoms with Gasteiger partial charge in [0, 0.05) is 26.1 Å². The zero-order chi connectivity index (χ0) is 16.7. The highest BCUT2D eigenvalue weighted by molar-refractivity contribution is 7.89. The van der Waals surface area contributed by atoms with Gasteiger partial charge in [-0.05, 0) is 55.4 Å². The number of sulfonamides is 1. The second-order valence-electron chi connectivity index (χ2n) is 5.71. The van der Waals surface area contributed by atoms with E-state index in [1.165, 1.54) is 5.56 Å². The third-order valence-electron chi connectivity index (χ3n) is 3.93. The lowest BCUT2D eigenvalue weighted by Gasteiger charge is -2.16. The Labute approximate surface area is 137 Å². The van der Waals surface area contributed by atoms with E-state index in [2.05, 4.69) is 10.0 Å². The van der Waals surface area contributed by atoms with Crippen molar-refractivity contribution in [2.45, 2.75) is 43.4 Å². The lowest BCUT2D eigenvalue weighted by Crippen LogP contribution is -2.31. The highest BCUT2D eigenvalue weighted by atomic mass is 32.2. The molecular formula is C16H24N2O4S. The van der Waals surface area contributed by atoms with Crippen LogP contribution in [0.5, 0.6) is 0 Å². The fraction of sp³-hybridized carbons (Fsp3) is 0.562. The number of aliphatic hydroxyl groups excluding tert-OH is 1. The smallest absolute Gasteiger partial charge is 0.240 e. The molecule has 0 radical (unpaired) electrons. The maximum absolute atomic E-state index is 12.3. The van der Waals surface area contributed by atoms with E-state index < -0.39 is 10.0 Å². The van der Waals surface area contributed by atoms with Crippen molar-refractivity contribution in [3.8, 4) is 0 Å². The fourth-order valence-electron chi connectivity index (χ4n) is 2.65. The molecule has 2 rings (SSSR count). The molecule has 0 atom stereocenters. The Kier molecular flexibility index (Phi) is 6.56. The summed E-state index contributed by atoms with van der Waals surface area (Å²) in [7, 11) is -3.58. The highest BCUT2D eigenvalue weighted by Crippen LogP contribution is 2.23. The number of aliphatic hydroxyl groups is 1. The van der Waals surface area contributed by atoms with Crippen LogP contribution in [0.15, 0.2) is 23.1 Å². The molecule has 3 N–H and O–H groups in total. The van der Waals surface area contributed by atoms with Crippen LogP contribution in [0.1, 0.15) is 36.8 Å². The number of amides is 1. The molecule has 0 fully saturated rings. The number of hydrogen-bond donors (Lipinski definition) is 3. The van der Waals surface area contributed by atoms with Crippen molar-refractivity contribution in [3.63, 3.8) is 0 Å². The first-order chi connectivity index (χ1) is 11.0. The lowest BCUT2D eigenvalue weighted by atomic mass is 9.92. The minimum atomic E-state index is -3.58. The molecule has 0 heterocycles. The molecule has 23 heavy (non-hydrogen) atoms. The van der Waals surface area contributed by atoms with E-state index in [4.69, 9.17) is 5.11 Å².